The third-order valence-electron chi connectivity index (χ3n) is 5.66. The van der Waals surface area contributed by atoms with Crippen LogP contribution in [0, 0.1) is 6.92 Å². The van der Waals surface area contributed by atoms with Gasteiger partial charge in [-0.25, -0.2) is 0 Å². The van der Waals surface area contributed by atoms with Crippen LogP contribution in [0.1, 0.15) is 28.8 Å². The Kier molecular flexibility index (Phi) is 9.83. The highest BCUT2D eigenvalue weighted by molar-refractivity contribution is 7.86. The van der Waals surface area contributed by atoms with Gasteiger partial charge in [-0.05, 0) is 61.0 Å². The molecule has 0 aliphatic carbocycles. The maximum absolute atomic E-state index is 13.1. The smallest absolute Gasteiger partial charge is 0.294 e. The minimum atomic E-state index is -4.61. The number of nitrogens with one attached hydrogen (secondary N) is 1. The molecule has 0 aliphatic heterocycles. The molecule has 0 aromatic heterocycles. The van der Waals surface area contributed by atoms with E-state index in [1.54, 1.807) is 6.92 Å². The molecule has 14 nitrogen and oxygen atoms in total. The van der Waals surface area contributed by atoms with Crippen molar-refractivity contribution in [3.63, 3.8) is 0 Å². The zero-order valence-corrected chi connectivity index (χ0v) is 24.1. The van der Waals surface area contributed by atoms with E-state index >= 15 is 0 Å². The topological polar surface area (TPSA) is 237 Å². The highest BCUT2D eigenvalue weighted by Crippen LogP contribution is 2.33. The summed E-state index contributed by atoms with van der Waals surface area (Å²) in [5.74, 6) is -1.54. The van der Waals surface area contributed by atoms with Gasteiger partial charge < -0.3 is 20.5 Å². The highest BCUT2D eigenvalue weighted by Gasteiger charge is 2.18. The predicted octanol–water partition coefficient (Wildman–Crippen LogP) is 2.54. The molecule has 3 rings (SSSR count). The number of amides is 1. The summed E-state index contributed by atoms with van der Waals surface area (Å²) < 4.78 is 106. The third-order valence-corrected chi connectivity index (χ3v) is 8.10. The number of nitrogens with two attached hydrogens (primary N) is 1. The number of carbonyl (C=O) groups is 1. The second kappa shape index (κ2) is 12.6. The molecule has 17 heteroatoms. The summed E-state index contributed by atoms with van der Waals surface area (Å²) in [6, 6.07) is 9.57. The lowest BCUT2D eigenvalue weighted by molar-refractivity contribution is 0.102. The molecule has 3 aromatic carbocycles. The summed E-state index contributed by atoms with van der Waals surface area (Å²) in [5.41, 5.74) is 7.14. The average Bonchev–Trinajstić information content (AvgIpc) is 2.83. The van der Waals surface area contributed by atoms with Crippen molar-refractivity contribution in [1.82, 2.24) is 0 Å². The Morgan fingerprint density at radius 3 is 1.98 bits per heavy atom. The van der Waals surface area contributed by atoms with Gasteiger partial charge in [0.25, 0.3) is 36.3 Å². The van der Waals surface area contributed by atoms with Gasteiger partial charge in [-0.2, -0.15) is 25.3 Å². The van der Waals surface area contributed by atoms with Crippen LogP contribution in [0.25, 0.3) is 10.8 Å². The molecular formula is C24H28N2O12S3. The molecule has 0 atom stereocenters. The SMILES string of the molecule is Cc1cc(N)c(OCCCS(=O)(=O)O)cc1C(=O)Nc1ccc2cc(S(=O)(=O)O)cc(OCCCS(=O)(=O)O)c2c1. The summed E-state index contributed by atoms with van der Waals surface area (Å²) in [6.07, 6.45) is -0.117. The largest absolute Gasteiger partial charge is 0.493 e. The quantitative estimate of drug-likeness (QED) is 0.104. The predicted molar refractivity (Wildman–Crippen MR) is 150 cm³/mol. The standard InChI is InChI=1S/C24H28N2O12S3/c1-15-10-21(25)23(38-7-3-9-40(31,32)33)14-19(15)24(27)26-17-5-4-16-11-18(41(34,35)36)13-22(20(16)12-17)37-6-2-8-39(28,29)30/h4-5,10-14H,2-3,6-9,25H2,1H3,(H,26,27)(H,28,29,30)(H,31,32,33)(H,34,35,36). The number of ether oxygens (including phenoxy) is 2. The molecule has 41 heavy (non-hydrogen) atoms. The van der Waals surface area contributed by atoms with Crippen molar-refractivity contribution in [3.05, 3.63) is 53.6 Å². The zero-order chi connectivity index (χ0) is 30.6. The summed E-state index contributed by atoms with van der Waals surface area (Å²) >= 11 is 0. The van der Waals surface area contributed by atoms with Crippen molar-refractivity contribution in [3.8, 4) is 11.5 Å². The number of hydrogen-bond donors (Lipinski definition) is 5. The molecule has 0 fully saturated rings. The zero-order valence-electron chi connectivity index (χ0n) is 21.6. The molecule has 0 bridgehead atoms. The summed E-state index contributed by atoms with van der Waals surface area (Å²) in [5, 5.41) is 3.36. The molecule has 224 valence electrons. The van der Waals surface area contributed by atoms with Crippen LogP contribution < -0.4 is 20.5 Å². The van der Waals surface area contributed by atoms with Gasteiger partial charge >= 0.3 is 0 Å². The monoisotopic (exact) mass is 632 g/mol. The first kappa shape index (κ1) is 32.0. The Morgan fingerprint density at radius 2 is 1.41 bits per heavy atom. The number of benzene rings is 3. The molecule has 0 heterocycles. The number of anilines is 2. The van der Waals surface area contributed by atoms with Crippen LogP contribution in [-0.4, -0.2) is 69.5 Å². The number of aryl methyl sites for hydroxylation is 1. The van der Waals surface area contributed by atoms with Gasteiger partial charge in [0.15, 0.2) is 0 Å². The van der Waals surface area contributed by atoms with Crippen molar-refractivity contribution in [2.75, 3.05) is 35.8 Å². The molecule has 0 saturated carbocycles. The number of fused-ring (bicyclic) bond motifs is 1. The van der Waals surface area contributed by atoms with Crippen LogP contribution in [0.15, 0.2) is 47.4 Å². The average molecular weight is 633 g/mol. The first-order valence-corrected chi connectivity index (χ1v) is 16.5. The number of nitrogen functional groups attached to an aromatic ring is 1. The fourth-order valence-electron chi connectivity index (χ4n) is 3.77. The van der Waals surface area contributed by atoms with E-state index in [-0.39, 0.29) is 54.5 Å². The summed E-state index contributed by atoms with van der Waals surface area (Å²) in [4.78, 5) is 12.7. The number of hydrogen-bond acceptors (Lipinski definition) is 10. The van der Waals surface area contributed by atoms with Crippen LogP contribution in [-0.2, 0) is 30.4 Å². The molecular weight excluding hydrogens is 604 g/mol. The lowest BCUT2D eigenvalue weighted by Crippen LogP contribution is -2.15. The number of carbonyl (C=O) groups excluding carboxylic acids is 1. The maximum atomic E-state index is 13.1. The molecule has 0 radical (unpaired) electrons. The normalized spacial score (nSPS) is 12.3. The first-order valence-electron chi connectivity index (χ1n) is 11.9. The lowest BCUT2D eigenvalue weighted by Gasteiger charge is -2.15. The van der Waals surface area contributed by atoms with E-state index in [1.165, 1.54) is 36.4 Å². The second-order valence-electron chi connectivity index (χ2n) is 8.97. The molecule has 1 amide bonds. The fraction of sp³-hybridized carbons (Fsp3) is 0.292. The second-order valence-corrected chi connectivity index (χ2v) is 13.5. The maximum Gasteiger partial charge on any atom is 0.294 e. The van der Waals surface area contributed by atoms with Crippen LogP contribution in [0.3, 0.4) is 0 Å². The molecule has 6 N–H and O–H groups in total. The van der Waals surface area contributed by atoms with Gasteiger partial charge in [0.2, 0.25) is 0 Å². The van der Waals surface area contributed by atoms with Crippen molar-refractivity contribution in [1.29, 1.82) is 0 Å². The van der Waals surface area contributed by atoms with Crippen LogP contribution in [0.2, 0.25) is 0 Å². The van der Waals surface area contributed by atoms with E-state index in [1.807, 2.05) is 0 Å². The van der Waals surface area contributed by atoms with E-state index in [9.17, 15) is 34.6 Å². The van der Waals surface area contributed by atoms with Crippen LogP contribution in [0.5, 0.6) is 11.5 Å². The summed E-state index contributed by atoms with van der Waals surface area (Å²) in [7, 11) is -13.0. The van der Waals surface area contributed by atoms with Crippen LogP contribution in [0.4, 0.5) is 11.4 Å². The molecule has 0 aliphatic rings. The molecule has 0 saturated heterocycles. The third kappa shape index (κ3) is 9.55. The minimum absolute atomic E-state index is 0.00964. The van der Waals surface area contributed by atoms with Crippen molar-refractivity contribution in [2.24, 2.45) is 0 Å². The van der Waals surface area contributed by atoms with Gasteiger partial charge in [-0.1, -0.05) is 6.07 Å². The Hall–Kier alpha value is -3.48. The van der Waals surface area contributed by atoms with Crippen molar-refractivity contribution < 1.29 is 53.2 Å². The lowest BCUT2D eigenvalue weighted by atomic mass is 10.1. The van der Waals surface area contributed by atoms with E-state index < -0.39 is 52.7 Å². The Bertz CT molecular complexity index is 1790. The Balaban J connectivity index is 1.87. The molecule has 0 unspecified atom stereocenters. The molecule has 0 spiro atoms. The van der Waals surface area contributed by atoms with Crippen molar-refractivity contribution in [2.45, 2.75) is 24.7 Å². The van der Waals surface area contributed by atoms with Crippen LogP contribution >= 0.6 is 0 Å². The summed E-state index contributed by atoms with van der Waals surface area (Å²) in [6.45, 7) is 1.35. The van der Waals surface area contributed by atoms with Gasteiger partial charge in [0.1, 0.15) is 11.5 Å². The van der Waals surface area contributed by atoms with E-state index in [2.05, 4.69) is 5.32 Å². The Labute approximate surface area is 236 Å². The highest BCUT2D eigenvalue weighted by atomic mass is 32.2. The van der Waals surface area contributed by atoms with Gasteiger partial charge in [0.05, 0.1) is 35.3 Å². The van der Waals surface area contributed by atoms with E-state index in [0.29, 0.717) is 16.3 Å². The van der Waals surface area contributed by atoms with E-state index in [4.69, 9.17) is 24.3 Å². The van der Waals surface area contributed by atoms with E-state index in [0.717, 1.165) is 6.07 Å². The van der Waals surface area contributed by atoms with Gasteiger partial charge in [-0.3, -0.25) is 18.5 Å². The fourth-order valence-corrected chi connectivity index (χ4v) is 5.27. The van der Waals surface area contributed by atoms with Gasteiger partial charge in [0, 0.05) is 22.7 Å². The first-order chi connectivity index (χ1) is 18.9. The number of rotatable bonds is 13. The van der Waals surface area contributed by atoms with Gasteiger partial charge in [-0.15, -0.1) is 0 Å². The molecule has 3 aromatic rings. The Morgan fingerprint density at radius 1 is 0.829 bits per heavy atom. The minimum Gasteiger partial charge on any atom is -0.493 e. The van der Waals surface area contributed by atoms with Crippen molar-refractivity contribution >= 4 is 58.4 Å².